The van der Waals surface area contributed by atoms with Crippen LogP contribution < -0.4 is 0 Å². The van der Waals surface area contributed by atoms with E-state index >= 15 is 0 Å². The highest BCUT2D eigenvalue weighted by Gasteiger charge is 2.21. The average molecular weight is 459 g/mol. The van der Waals surface area contributed by atoms with Crippen LogP contribution in [-0.4, -0.2) is 25.6 Å². The summed E-state index contributed by atoms with van der Waals surface area (Å²) in [5.74, 6) is 0.504. The second-order valence-corrected chi connectivity index (χ2v) is 9.04. The lowest BCUT2D eigenvalue weighted by molar-refractivity contribution is -0.131. The first-order valence-corrected chi connectivity index (χ1v) is 11.1. The zero-order valence-electron chi connectivity index (χ0n) is 18.4. The molecule has 0 unspecified atom stereocenters. The molecule has 3 rings (SSSR count). The van der Waals surface area contributed by atoms with E-state index in [-0.39, 0.29) is 5.91 Å². The normalized spacial score (nSPS) is 11.2. The third-order valence-corrected chi connectivity index (χ3v) is 5.93. The van der Waals surface area contributed by atoms with Crippen LogP contribution in [0.2, 0.25) is 10.0 Å². The van der Waals surface area contributed by atoms with Gasteiger partial charge in [0, 0.05) is 30.5 Å². The Morgan fingerprint density at radius 1 is 1.10 bits per heavy atom. The van der Waals surface area contributed by atoms with Crippen LogP contribution in [0.5, 0.6) is 0 Å². The Hall–Kier alpha value is -2.37. The highest BCUT2D eigenvalue weighted by molar-refractivity contribution is 6.42. The maximum Gasteiger partial charge on any atom is 0.227 e. The summed E-state index contributed by atoms with van der Waals surface area (Å²) < 4.78 is 2.00. The van der Waals surface area contributed by atoms with Gasteiger partial charge in [-0.2, -0.15) is 5.10 Å². The van der Waals surface area contributed by atoms with Crippen molar-refractivity contribution in [3.8, 4) is 0 Å². The molecule has 1 aromatic carbocycles. The summed E-state index contributed by atoms with van der Waals surface area (Å²) in [6.45, 7) is 9.99. The molecule has 0 aliphatic rings. The van der Waals surface area contributed by atoms with Gasteiger partial charge in [0.25, 0.3) is 0 Å². The molecule has 0 aliphatic carbocycles. The van der Waals surface area contributed by atoms with E-state index in [1.807, 2.05) is 42.8 Å². The van der Waals surface area contributed by atoms with Crippen molar-refractivity contribution in [2.75, 3.05) is 0 Å². The van der Waals surface area contributed by atoms with Crippen LogP contribution in [0, 0.1) is 19.8 Å². The summed E-state index contributed by atoms with van der Waals surface area (Å²) in [5.41, 5.74) is 4.69. The number of amides is 1. The minimum Gasteiger partial charge on any atom is -0.332 e. The van der Waals surface area contributed by atoms with Crippen molar-refractivity contribution in [3.05, 3.63) is 80.8 Å². The van der Waals surface area contributed by atoms with Crippen LogP contribution in [-0.2, 0) is 30.8 Å². The number of aromatic nitrogens is 3. The Bertz CT molecular complexity index is 1050. The van der Waals surface area contributed by atoms with Gasteiger partial charge in [0.15, 0.2) is 0 Å². The lowest BCUT2D eigenvalue weighted by Gasteiger charge is -2.23. The van der Waals surface area contributed by atoms with E-state index < -0.39 is 0 Å². The minimum atomic E-state index is 0.0204. The number of halogens is 2. The van der Waals surface area contributed by atoms with Crippen molar-refractivity contribution in [1.82, 2.24) is 19.7 Å². The van der Waals surface area contributed by atoms with Gasteiger partial charge in [-0.15, -0.1) is 0 Å². The van der Waals surface area contributed by atoms with Crippen molar-refractivity contribution in [1.29, 1.82) is 0 Å². The van der Waals surface area contributed by atoms with Crippen LogP contribution in [0.25, 0.3) is 0 Å². The molecule has 0 saturated heterocycles. The summed E-state index contributed by atoms with van der Waals surface area (Å²) in [6, 6.07) is 11.2. The fourth-order valence-corrected chi connectivity index (χ4v) is 3.88. The fraction of sp³-hybridized carbons (Fsp3) is 0.375. The monoisotopic (exact) mass is 458 g/mol. The number of carbonyl (C=O) groups excluding carboxylic acids is 1. The van der Waals surface area contributed by atoms with E-state index in [2.05, 4.69) is 23.9 Å². The zero-order valence-corrected chi connectivity index (χ0v) is 19.9. The highest BCUT2D eigenvalue weighted by Crippen LogP contribution is 2.24. The van der Waals surface area contributed by atoms with Crippen LogP contribution in [0.1, 0.15) is 42.1 Å². The highest BCUT2D eigenvalue weighted by atomic mass is 35.5. The molecule has 7 heteroatoms. The Kier molecular flexibility index (Phi) is 7.74. The standard InChI is InChI=1S/C24H28Cl2N4O/c1-16(2)13-30-18(4)21(17(3)28-30)12-24(31)29(15-20-7-5-6-10-27-20)14-19-8-9-22(25)23(26)11-19/h5-11,16H,12-15H2,1-4H3. The molecule has 0 radical (unpaired) electrons. The number of aryl methyl sites for hydroxylation is 1. The topological polar surface area (TPSA) is 51.0 Å². The third-order valence-electron chi connectivity index (χ3n) is 5.19. The van der Waals surface area contributed by atoms with Gasteiger partial charge < -0.3 is 4.90 Å². The molecule has 0 fully saturated rings. The predicted molar refractivity (Wildman–Crippen MR) is 125 cm³/mol. The van der Waals surface area contributed by atoms with E-state index in [9.17, 15) is 4.79 Å². The van der Waals surface area contributed by atoms with E-state index in [1.165, 1.54) is 0 Å². The van der Waals surface area contributed by atoms with Crippen LogP contribution in [0.4, 0.5) is 0 Å². The smallest absolute Gasteiger partial charge is 0.227 e. The van der Waals surface area contributed by atoms with E-state index in [0.717, 1.165) is 34.8 Å². The molecule has 2 heterocycles. The Morgan fingerprint density at radius 2 is 1.87 bits per heavy atom. The molecule has 0 bridgehead atoms. The van der Waals surface area contributed by atoms with Gasteiger partial charge in [-0.25, -0.2) is 0 Å². The van der Waals surface area contributed by atoms with Gasteiger partial charge in [-0.1, -0.05) is 49.2 Å². The lowest BCUT2D eigenvalue weighted by Crippen LogP contribution is -2.32. The largest absolute Gasteiger partial charge is 0.332 e. The maximum absolute atomic E-state index is 13.4. The summed E-state index contributed by atoms with van der Waals surface area (Å²) in [6.07, 6.45) is 2.03. The molecule has 164 valence electrons. The van der Waals surface area contributed by atoms with Crippen LogP contribution >= 0.6 is 23.2 Å². The molecular weight excluding hydrogens is 431 g/mol. The zero-order chi connectivity index (χ0) is 22.5. The number of pyridine rings is 1. The molecule has 5 nitrogen and oxygen atoms in total. The van der Waals surface area contributed by atoms with Gasteiger partial charge in [-0.05, 0) is 49.6 Å². The first kappa shape index (κ1) is 23.3. The molecular formula is C24H28Cl2N4O. The maximum atomic E-state index is 13.4. The van der Waals surface area contributed by atoms with Crippen molar-refractivity contribution in [2.24, 2.45) is 5.92 Å². The third kappa shape index (κ3) is 6.08. The number of benzene rings is 1. The predicted octanol–water partition coefficient (Wildman–Crippen LogP) is 5.63. The van der Waals surface area contributed by atoms with Crippen molar-refractivity contribution in [2.45, 2.75) is 53.8 Å². The Balaban J connectivity index is 1.85. The van der Waals surface area contributed by atoms with Gasteiger partial charge in [0.05, 0.1) is 34.4 Å². The molecule has 0 spiro atoms. The summed E-state index contributed by atoms with van der Waals surface area (Å²) >= 11 is 12.3. The van der Waals surface area contributed by atoms with Gasteiger partial charge in [-0.3, -0.25) is 14.5 Å². The number of nitrogens with zero attached hydrogens (tertiary/aromatic N) is 4. The van der Waals surface area contributed by atoms with Crippen molar-refractivity contribution >= 4 is 29.1 Å². The number of hydrogen-bond acceptors (Lipinski definition) is 3. The molecule has 0 aliphatic heterocycles. The SMILES string of the molecule is Cc1nn(CC(C)C)c(C)c1CC(=O)N(Cc1ccc(Cl)c(Cl)c1)Cc1ccccn1. The van der Waals surface area contributed by atoms with Gasteiger partial charge >= 0.3 is 0 Å². The van der Waals surface area contributed by atoms with Crippen molar-refractivity contribution < 1.29 is 4.79 Å². The molecule has 3 aromatic rings. The first-order chi connectivity index (χ1) is 14.7. The number of carbonyl (C=O) groups is 1. The summed E-state index contributed by atoms with van der Waals surface area (Å²) in [7, 11) is 0. The molecule has 2 aromatic heterocycles. The van der Waals surface area contributed by atoms with Gasteiger partial charge in [0.1, 0.15) is 0 Å². The number of rotatable bonds is 8. The van der Waals surface area contributed by atoms with Crippen LogP contribution in [0.15, 0.2) is 42.6 Å². The second kappa shape index (κ2) is 10.3. The Labute approximate surface area is 194 Å². The Morgan fingerprint density at radius 3 is 2.52 bits per heavy atom. The molecule has 1 amide bonds. The lowest BCUT2D eigenvalue weighted by atomic mass is 10.1. The van der Waals surface area contributed by atoms with E-state index in [0.29, 0.717) is 35.5 Å². The second-order valence-electron chi connectivity index (χ2n) is 8.22. The average Bonchev–Trinajstić information content (AvgIpc) is 2.97. The van der Waals surface area contributed by atoms with Crippen molar-refractivity contribution in [3.63, 3.8) is 0 Å². The van der Waals surface area contributed by atoms with Crippen LogP contribution in [0.3, 0.4) is 0 Å². The molecule has 31 heavy (non-hydrogen) atoms. The van der Waals surface area contributed by atoms with E-state index in [1.54, 1.807) is 23.2 Å². The molecule has 0 atom stereocenters. The molecule has 0 saturated carbocycles. The molecule has 0 N–H and O–H groups in total. The summed E-state index contributed by atoms with van der Waals surface area (Å²) in [4.78, 5) is 19.6. The first-order valence-electron chi connectivity index (χ1n) is 10.4. The number of hydrogen-bond donors (Lipinski definition) is 0. The van der Waals surface area contributed by atoms with Gasteiger partial charge in [0.2, 0.25) is 5.91 Å². The fourth-order valence-electron chi connectivity index (χ4n) is 3.55. The van der Waals surface area contributed by atoms with E-state index in [4.69, 9.17) is 23.2 Å². The summed E-state index contributed by atoms with van der Waals surface area (Å²) in [5, 5.41) is 5.63. The minimum absolute atomic E-state index is 0.0204. The quantitative estimate of drug-likeness (QED) is 0.439.